The number of anilines is 3. The van der Waals surface area contributed by atoms with Gasteiger partial charge in [-0.3, -0.25) is 0 Å². The van der Waals surface area contributed by atoms with Crippen molar-refractivity contribution in [2.75, 3.05) is 4.90 Å². The molecule has 0 amide bonds. The molecule has 0 spiro atoms. The zero-order valence-electron chi connectivity index (χ0n) is 29.6. The van der Waals surface area contributed by atoms with Crippen molar-refractivity contribution < 1.29 is 0 Å². The molecule has 10 aromatic rings. The Balaban J connectivity index is 1.04. The molecule has 9 aromatic carbocycles. The van der Waals surface area contributed by atoms with Gasteiger partial charge in [0.1, 0.15) is 0 Å². The molecule has 0 aliphatic carbocycles. The van der Waals surface area contributed by atoms with Crippen LogP contribution in [-0.2, 0) is 0 Å². The molecular formula is C52H35NS. The first-order valence-corrected chi connectivity index (χ1v) is 19.2. The van der Waals surface area contributed by atoms with Gasteiger partial charge in [-0.1, -0.05) is 152 Å². The van der Waals surface area contributed by atoms with E-state index in [9.17, 15) is 0 Å². The van der Waals surface area contributed by atoms with Crippen LogP contribution in [0.4, 0.5) is 17.1 Å². The van der Waals surface area contributed by atoms with Crippen LogP contribution in [0.1, 0.15) is 0 Å². The zero-order chi connectivity index (χ0) is 35.8. The minimum Gasteiger partial charge on any atom is -0.310 e. The summed E-state index contributed by atoms with van der Waals surface area (Å²) in [5.41, 5.74) is 13.1. The molecule has 1 aromatic heterocycles. The smallest absolute Gasteiger partial charge is 0.0468 e. The molecule has 0 N–H and O–H groups in total. The Bertz CT molecular complexity index is 2920. The largest absolute Gasteiger partial charge is 0.310 e. The van der Waals surface area contributed by atoms with Gasteiger partial charge in [0.2, 0.25) is 0 Å². The van der Waals surface area contributed by atoms with Crippen LogP contribution in [0.25, 0.3) is 75.5 Å². The summed E-state index contributed by atoms with van der Waals surface area (Å²) in [6.45, 7) is 0. The number of rotatable bonds is 7. The zero-order valence-corrected chi connectivity index (χ0v) is 30.4. The fraction of sp³-hybridized carbons (Fsp3) is 0. The molecule has 0 bridgehead atoms. The number of hydrogen-bond acceptors (Lipinski definition) is 2. The summed E-state index contributed by atoms with van der Waals surface area (Å²) in [6.07, 6.45) is 0. The van der Waals surface area contributed by atoms with Crippen LogP contribution < -0.4 is 4.90 Å². The van der Waals surface area contributed by atoms with Crippen LogP contribution in [0, 0.1) is 0 Å². The van der Waals surface area contributed by atoms with Gasteiger partial charge < -0.3 is 4.90 Å². The Morgan fingerprint density at radius 1 is 0.278 bits per heavy atom. The fourth-order valence-corrected chi connectivity index (χ4v) is 8.83. The van der Waals surface area contributed by atoms with Crippen molar-refractivity contribution >= 4 is 59.3 Å². The Morgan fingerprint density at radius 2 is 0.796 bits per heavy atom. The lowest BCUT2D eigenvalue weighted by Crippen LogP contribution is -2.09. The minimum absolute atomic E-state index is 1.11. The van der Waals surface area contributed by atoms with Crippen LogP contribution in [0.15, 0.2) is 212 Å². The first kappa shape index (κ1) is 32.0. The molecule has 1 heterocycles. The molecule has 254 valence electrons. The van der Waals surface area contributed by atoms with Gasteiger partial charge >= 0.3 is 0 Å². The van der Waals surface area contributed by atoms with Gasteiger partial charge in [0.25, 0.3) is 0 Å². The van der Waals surface area contributed by atoms with E-state index < -0.39 is 0 Å². The van der Waals surface area contributed by atoms with Crippen LogP contribution in [0.5, 0.6) is 0 Å². The van der Waals surface area contributed by atoms with Crippen molar-refractivity contribution in [1.82, 2.24) is 0 Å². The lowest BCUT2D eigenvalue weighted by atomic mass is 9.94. The number of thiophene rings is 1. The van der Waals surface area contributed by atoms with Crippen LogP contribution in [0.2, 0.25) is 0 Å². The van der Waals surface area contributed by atoms with Crippen LogP contribution in [-0.4, -0.2) is 0 Å². The summed E-state index contributed by atoms with van der Waals surface area (Å²) in [7, 11) is 0. The average molecular weight is 706 g/mol. The van der Waals surface area contributed by atoms with Gasteiger partial charge in [-0.15, -0.1) is 11.3 Å². The van der Waals surface area contributed by atoms with Crippen molar-refractivity contribution in [3.05, 3.63) is 212 Å². The molecule has 2 heteroatoms. The summed E-state index contributed by atoms with van der Waals surface area (Å²) in [5.74, 6) is 0. The highest BCUT2D eigenvalue weighted by Crippen LogP contribution is 2.42. The molecule has 54 heavy (non-hydrogen) atoms. The second-order valence-corrected chi connectivity index (χ2v) is 14.8. The molecule has 0 atom stereocenters. The van der Waals surface area contributed by atoms with Gasteiger partial charge in [-0.2, -0.15) is 0 Å². The van der Waals surface area contributed by atoms with E-state index in [1.807, 2.05) is 11.3 Å². The van der Waals surface area contributed by atoms with Crippen molar-refractivity contribution in [3.63, 3.8) is 0 Å². The molecule has 0 saturated carbocycles. The molecular weight excluding hydrogens is 671 g/mol. The Hall–Kier alpha value is -6.74. The average Bonchev–Trinajstić information content (AvgIpc) is 3.63. The van der Waals surface area contributed by atoms with Gasteiger partial charge in [0.15, 0.2) is 0 Å². The minimum atomic E-state index is 1.11. The molecule has 0 unspecified atom stereocenters. The number of benzene rings is 9. The lowest BCUT2D eigenvalue weighted by Gasteiger charge is -2.26. The second kappa shape index (κ2) is 13.7. The SMILES string of the molecule is c1ccc(-c2ccccc2-c2ccc(N(c3ccc(-c4cccc(-c5ccc6ccccc6c5)c4)cc3)c3ccc4sc5ccccc5c4c3)cc2)cc1. The maximum absolute atomic E-state index is 2.38. The molecule has 0 aliphatic rings. The van der Waals surface area contributed by atoms with Crippen molar-refractivity contribution in [1.29, 1.82) is 0 Å². The standard InChI is InChI=1S/C52H35NS/c1-2-12-38(13-3-1)47-17-6-7-18-48(47)39-25-29-45(30-26-39)53(46-31-32-52-50(35-46)49-19-8-9-20-51(49)54-52)44-27-23-37(24-28-44)41-15-10-16-42(33-41)43-22-21-36-11-4-5-14-40(36)34-43/h1-35H. The predicted octanol–water partition coefficient (Wildman–Crippen LogP) is 15.3. The molecule has 0 radical (unpaired) electrons. The predicted molar refractivity (Wildman–Crippen MR) is 233 cm³/mol. The molecule has 0 fully saturated rings. The van der Waals surface area contributed by atoms with E-state index >= 15 is 0 Å². The second-order valence-electron chi connectivity index (χ2n) is 13.8. The third kappa shape index (κ3) is 5.93. The first-order chi connectivity index (χ1) is 26.7. The molecule has 10 rings (SSSR count). The lowest BCUT2D eigenvalue weighted by molar-refractivity contribution is 1.29. The molecule has 1 nitrogen and oxygen atoms in total. The van der Waals surface area contributed by atoms with E-state index in [1.54, 1.807) is 0 Å². The molecule has 0 saturated heterocycles. The van der Waals surface area contributed by atoms with Gasteiger partial charge in [-0.05, 0) is 116 Å². The van der Waals surface area contributed by atoms with Gasteiger partial charge in [-0.25, -0.2) is 0 Å². The van der Waals surface area contributed by atoms with Gasteiger partial charge in [0, 0.05) is 37.2 Å². The van der Waals surface area contributed by atoms with E-state index in [-0.39, 0.29) is 0 Å². The Kier molecular flexibility index (Phi) is 8.09. The highest BCUT2D eigenvalue weighted by atomic mass is 32.1. The third-order valence-corrected chi connectivity index (χ3v) is 11.6. The molecule has 0 aliphatic heterocycles. The van der Waals surface area contributed by atoms with Gasteiger partial charge in [0.05, 0.1) is 0 Å². The monoisotopic (exact) mass is 705 g/mol. The van der Waals surface area contributed by atoms with E-state index in [2.05, 4.69) is 217 Å². The number of nitrogens with zero attached hydrogens (tertiary/aromatic N) is 1. The van der Waals surface area contributed by atoms with Crippen molar-refractivity contribution in [3.8, 4) is 44.5 Å². The maximum atomic E-state index is 2.38. The van der Waals surface area contributed by atoms with E-state index in [0.29, 0.717) is 0 Å². The number of hydrogen-bond donors (Lipinski definition) is 0. The maximum Gasteiger partial charge on any atom is 0.0468 e. The fourth-order valence-electron chi connectivity index (χ4n) is 7.74. The van der Waals surface area contributed by atoms with Crippen molar-refractivity contribution in [2.45, 2.75) is 0 Å². The summed E-state index contributed by atoms with van der Waals surface area (Å²) < 4.78 is 2.61. The quantitative estimate of drug-likeness (QED) is 0.160. The first-order valence-electron chi connectivity index (χ1n) is 18.4. The van der Waals surface area contributed by atoms with E-state index in [4.69, 9.17) is 0 Å². The van der Waals surface area contributed by atoms with Crippen molar-refractivity contribution in [2.24, 2.45) is 0 Å². The van der Waals surface area contributed by atoms with Crippen LogP contribution in [0.3, 0.4) is 0 Å². The van der Waals surface area contributed by atoms with E-state index in [0.717, 1.165) is 17.1 Å². The summed E-state index contributed by atoms with van der Waals surface area (Å²) >= 11 is 1.85. The van der Waals surface area contributed by atoms with Crippen LogP contribution >= 0.6 is 11.3 Å². The summed E-state index contributed by atoms with van der Waals surface area (Å²) in [4.78, 5) is 2.38. The summed E-state index contributed by atoms with van der Waals surface area (Å²) in [5, 5.41) is 5.10. The normalized spacial score (nSPS) is 11.3. The van der Waals surface area contributed by atoms with E-state index in [1.165, 1.54) is 75.5 Å². The highest BCUT2D eigenvalue weighted by molar-refractivity contribution is 7.25. The Labute approximate surface area is 319 Å². The number of fused-ring (bicyclic) bond motifs is 4. The third-order valence-electron chi connectivity index (χ3n) is 10.5. The highest BCUT2D eigenvalue weighted by Gasteiger charge is 2.16. The Morgan fingerprint density at radius 3 is 1.56 bits per heavy atom. The topological polar surface area (TPSA) is 3.24 Å². The summed E-state index contributed by atoms with van der Waals surface area (Å²) in [6, 6.07) is 77.2.